The quantitative estimate of drug-likeness (QED) is 0.341. The van der Waals surface area contributed by atoms with Gasteiger partial charge < -0.3 is 19.3 Å². The molecule has 1 N–H and O–H groups in total. The second-order valence-electron chi connectivity index (χ2n) is 14.0. The van der Waals surface area contributed by atoms with Crippen molar-refractivity contribution in [2.75, 3.05) is 13.7 Å². The Morgan fingerprint density at radius 2 is 1.79 bits per heavy atom. The lowest BCUT2D eigenvalue weighted by Crippen LogP contribution is -2.54. The largest absolute Gasteiger partial charge is 0.497 e. The highest BCUT2D eigenvalue weighted by Crippen LogP contribution is 2.66. The lowest BCUT2D eigenvalue weighted by molar-refractivity contribution is -0.141. The van der Waals surface area contributed by atoms with E-state index in [1.54, 1.807) is 7.11 Å². The van der Waals surface area contributed by atoms with Crippen LogP contribution in [0.15, 0.2) is 36.6 Å². The maximum absolute atomic E-state index is 10.3. The molecule has 0 saturated heterocycles. The molecule has 6 rings (SSSR count). The summed E-state index contributed by atoms with van der Waals surface area (Å²) in [6, 6.07) is 6.06. The second-order valence-corrected chi connectivity index (χ2v) is 14.0. The lowest BCUT2D eigenvalue weighted by atomic mass is 9.45. The van der Waals surface area contributed by atoms with E-state index in [9.17, 15) is 5.11 Å². The van der Waals surface area contributed by atoms with E-state index in [1.165, 1.54) is 56.9 Å². The van der Waals surface area contributed by atoms with Crippen LogP contribution in [0.25, 0.3) is 5.57 Å². The Morgan fingerprint density at radius 3 is 2.64 bits per heavy atom. The zero-order valence-corrected chi connectivity index (χ0v) is 24.6. The Hall–Kier alpha value is -1.78. The normalized spacial score (nSPS) is 39.1. The molecule has 0 bridgehead atoms. The Balaban J connectivity index is 0.985. The van der Waals surface area contributed by atoms with Crippen LogP contribution in [0, 0.1) is 34.5 Å². The van der Waals surface area contributed by atoms with Crippen LogP contribution in [-0.4, -0.2) is 31.0 Å². The Kier molecular flexibility index (Phi) is 7.65. The van der Waals surface area contributed by atoms with E-state index in [2.05, 4.69) is 32.6 Å². The van der Waals surface area contributed by atoms with Gasteiger partial charge in [0.15, 0.2) is 0 Å². The van der Waals surface area contributed by atoms with E-state index in [4.69, 9.17) is 14.2 Å². The molecule has 0 aromatic heterocycles. The molecule has 8 atom stereocenters. The van der Waals surface area contributed by atoms with Gasteiger partial charge in [0.05, 0.1) is 19.3 Å². The summed E-state index contributed by atoms with van der Waals surface area (Å²) in [4.78, 5) is 0. The molecule has 0 spiro atoms. The minimum absolute atomic E-state index is 0.0504. The maximum Gasteiger partial charge on any atom is 0.138 e. The number of unbranched alkanes of at least 4 members (excludes halogenated alkanes) is 2. The SMILES string of the molecule is C=C1C=C(CCCCCO[C@H]2CC[C@H]3[C@@H]4CC[C@H]5C[C@H](O)CC[C@]5(C)[C@H]4CC[C@]23C)c2ccc(OC)cc2O1. The van der Waals surface area contributed by atoms with Crippen molar-refractivity contribution in [3.05, 3.63) is 42.2 Å². The van der Waals surface area contributed by atoms with Gasteiger partial charge in [0.2, 0.25) is 0 Å². The molecule has 1 aliphatic heterocycles. The minimum Gasteiger partial charge on any atom is -0.497 e. The van der Waals surface area contributed by atoms with Crippen LogP contribution in [0.1, 0.15) is 103 Å². The Morgan fingerprint density at radius 1 is 0.974 bits per heavy atom. The summed E-state index contributed by atoms with van der Waals surface area (Å²) in [7, 11) is 1.68. The van der Waals surface area contributed by atoms with Crippen LogP contribution in [0.2, 0.25) is 0 Å². The van der Waals surface area contributed by atoms with E-state index < -0.39 is 0 Å². The molecule has 1 aromatic rings. The number of hydrogen-bond acceptors (Lipinski definition) is 4. The third-order valence-electron chi connectivity index (χ3n) is 12.1. The fraction of sp³-hybridized carbons (Fsp3) is 0.714. The number of aliphatic hydroxyl groups is 1. The molecule has 1 aromatic carbocycles. The summed E-state index contributed by atoms with van der Waals surface area (Å²) in [5.41, 5.74) is 3.29. The van der Waals surface area contributed by atoms with Crippen LogP contribution < -0.4 is 9.47 Å². The zero-order valence-electron chi connectivity index (χ0n) is 24.6. The molecule has 5 aliphatic rings. The van der Waals surface area contributed by atoms with Crippen molar-refractivity contribution in [3.63, 3.8) is 0 Å². The molecule has 4 saturated carbocycles. The highest BCUT2D eigenvalue weighted by Gasteiger charge is 2.60. The van der Waals surface area contributed by atoms with Crippen molar-refractivity contribution in [2.45, 2.75) is 110 Å². The number of ether oxygens (including phenoxy) is 3. The van der Waals surface area contributed by atoms with Gasteiger partial charge in [-0.3, -0.25) is 0 Å². The highest BCUT2D eigenvalue weighted by molar-refractivity contribution is 5.75. The average Bonchev–Trinajstić information content (AvgIpc) is 3.26. The maximum atomic E-state index is 10.3. The molecule has 4 nitrogen and oxygen atoms in total. The number of rotatable bonds is 8. The molecule has 214 valence electrons. The molecule has 4 fully saturated rings. The van der Waals surface area contributed by atoms with Gasteiger partial charge in [-0.05, 0) is 135 Å². The molecule has 4 aliphatic carbocycles. The molecular weight excluding hydrogens is 484 g/mol. The van der Waals surface area contributed by atoms with Crippen LogP contribution in [0.5, 0.6) is 11.5 Å². The van der Waals surface area contributed by atoms with Gasteiger partial charge in [0, 0.05) is 18.2 Å². The van der Waals surface area contributed by atoms with Crippen molar-refractivity contribution < 1.29 is 19.3 Å². The molecule has 1 heterocycles. The Labute approximate surface area is 236 Å². The zero-order chi connectivity index (χ0) is 27.2. The number of fused-ring (bicyclic) bond motifs is 6. The molecule has 4 heteroatoms. The van der Waals surface area contributed by atoms with Gasteiger partial charge >= 0.3 is 0 Å². The summed E-state index contributed by atoms with van der Waals surface area (Å²) >= 11 is 0. The molecular formula is C35H50O4. The summed E-state index contributed by atoms with van der Waals surface area (Å²) in [5.74, 6) is 5.68. The van der Waals surface area contributed by atoms with Gasteiger partial charge in [-0.25, -0.2) is 0 Å². The van der Waals surface area contributed by atoms with Crippen LogP contribution in [-0.2, 0) is 4.74 Å². The number of benzene rings is 1. The van der Waals surface area contributed by atoms with Gasteiger partial charge in [-0.2, -0.15) is 0 Å². The standard InChI is InChI=1S/C35H50O4/c1-23-20-24(28-12-10-27(37-4)22-32(28)39-23)8-6-5-7-19-38-33-14-13-30-29-11-9-25-21-26(36)15-17-34(25,2)31(29)16-18-35(30,33)3/h10,12,20,22,25-26,29-31,33,36H,1,5-9,11,13-19,21H2,2-4H3/t25-,26+,29-,30-,31-,33-,34-,35-/m0/s1. The van der Waals surface area contributed by atoms with E-state index in [0.29, 0.717) is 22.7 Å². The summed E-state index contributed by atoms with van der Waals surface area (Å²) < 4.78 is 17.9. The molecule has 0 amide bonds. The van der Waals surface area contributed by atoms with E-state index in [-0.39, 0.29) is 6.10 Å². The lowest BCUT2D eigenvalue weighted by Gasteiger charge is -2.60. The fourth-order valence-corrected chi connectivity index (χ4v) is 9.91. The number of aliphatic hydroxyl groups excluding tert-OH is 1. The first kappa shape index (κ1) is 27.4. The molecule has 39 heavy (non-hydrogen) atoms. The van der Waals surface area contributed by atoms with Gasteiger partial charge in [-0.15, -0.1) is 0 Å². The molecule has 0 radical (unpaired) electrons. The van der Waals surface area contributed by atoms with E-state index in [0.717, 1.165) is 79.4 Å². The average molecular weight is 535 g/mol. The van der Waals surface area contributed by atoms with Crippen LogP contribution >= 0.6 is 0 Å². The predicted molar refractivity (Wildman–Crippen MR) is 157 cm³/mol. The summed E-state index contributed by atoms with van der Waals surface area (Å²) in [6.45, 7) is 10.1. The summed E-state index contributed by atoms with van der Waals surface area (Å²) in [5, 5.41) is 10.3. The first-order valence-electron chi connectivity index (χ1n) is 15.9. The number of methoxy groups -OCH3 is 1. The van der Waals surface area contributed by atoms with Crippen LogP contribution in [0.3, 0.4) is 0 Å². The molecule has 0 unspecified atom stereocenters. The van der Waals surface area contributed by atoms with Crippen molar-refractivity contribution in [1.29, 1.82) is 0 Å². The topological polar surface area (TPSA) is 47.9 Å². The van der Waals surface area contributed by atoms with Crippen molar-refractivity contribution >= 4 is 5.57 Å². The third kappa shape index (κ3) is 4.99. The van der Waals surface area contributed by atoms with Gasteiger partial charge in [0.1, 0.15) is 17.3 Å². The number of hydrogen-bond donors (Lipinski definition) is 1. The van der Waals surface area contributed by atoms with Gasteiger partial charge in [-0.1, -0.05) is 26.8 Å². The summed E-state index contributed by atoms with van der Waals surface area (Å²) in [6.07, 6.45) is 18.3. The second kappa shape index (κ2) is 10.9. The third-order valence-corrected chi connectivity index (χ3v) is 12.1. The first-order chi connectivity index (χ1) is 18.8. The monoisotopic (exact) mass is 534 g/mol. The Bertz CT molecular complexity index is 1090. The van der Waals surface area contributed by atoms with Gasteiger partial charge in [0.25, 0.3) is 0 Å². The van der Waals surface area contributed by atoms with Crippen molar-refractivity contribution in [1.82, 2.24) is 0 Å². The van der Waals surface area contributed by atoms with E-state index >= 15 is 0 Å². The highest BCUT2D eigenvalue weighted by atomic mass is 16.5. The smallest absolute Gasteiger partial charge is 0.138 e. The van der Waals surface area contributed by atoms with Crippen LogP contribution in [0.4, 0.5) is 0 Å². The van der Waals surface area contributed by atoms with E-state index in [1.807, 2.05) is 12.1 Å². The first-order valence-corrected chi connectivity index (χ1v) is 15.9. The minimum atomic E-state index is -0.0504. The van der Waals surface area contributed by atoms with Crippen molar-refractivity contribution in [2.24, 2.45) is 34.5 Å². The van der Waals surface area contributed by atoms with Crippen molar-refractivity contribution in [3.8, 4) is 11.5 Å². The predicted octanol–water partition coefficient (Wildman–Crippen LogP) is 8.33. The fourth-order valence-electron chi connectivity index (χ4n) is 9.91. The number of allylic oxidation sites excluding steroid dienone is 2.